The van der Waals surface area contributed by atoms with Gasteiger partial charge >= 0.3 is 6.61 Å². The van der Waals surface area contributed by atoms with E-state index in [0.717, 1.165) is 17.7 Å². The summed E-state index contributed by atoms with van der Waals surface area (Å²) in [6.45, 7) is -2.26. The molecule has 142 valence electrons. The van der Waals surface area contributed by atoms with Gasteiger partial charge in [-0.05, 0) is 42.3 Å². The molecule has 1 N–H and O–H groups in total. The van der Waals surface area contributed by atoms with Crippen molar-refractivity contribution in [2.45, 2.75) is 25.9 Å². The molecule has 5 nitrogen and oxygen atoms in total. The molecule has 8 heteroatoms. The average molecular weight is 395 g/mol. The molecule has 0 bridgehead atoms. The molecule has 1 aliphatic rings. The Hall–Kier alpha value is -2.67. The maximum Gasteiger partial charge on any atom is 0.387 e. The maximum absolute atomic E-state index is 12.2. The molecule has 1 heterocycles. The smallest absolute Gasteiger partial charge is 0.387 e. The molecule has 0 spiro atoms. The molecule has 0 radical (unpaired) electrons. The standard InChI is InChI=1S/C19H17ClF2N2O3/c20-15-11-13(5-8-16(15)27-19(21)22)23-17(25)10-12-3-6-14(7-4-12)24-9-1-2-18(24)26/h3-8,11,19H,1-2,9-10H2,(H,23,25). The van der Waals surface area contributed by atoms with Gasteiger partial charge in [-0.3, -0.25) is 9.59 Å². The fourth-order valence-corrected chi connectivity index (χ4v) is 3.10. The van der Waals surface area contributed by atoms with Crippen LogP contribution in [-0.2, 0) is 16.0 Å². The first-order valence-corrected chi connectivity index (χ1v) is 8.73. The van der Waals surface area contributed by atoms with Crippen LogP contribution in [0.3, 0.4) is 0 Å². The molecule has 0 aromatic heterocycles. The lowest BCUT2D eigenvalue weighted by molar-refractivity contribution is -0.117. The molecule has 0 saturated carbocycles. The highest BCUT2D eigenvalue weighted by atomic mass is 35.5. The number of alkyl halides is 2. The predicted molar refractivity (Wildman–Crippen MR) is 98.4 cm³/mol. The van der Waals surface area contributed by atoms with Crippen molar-refractivity contribution >= 4 is 34.8 Å². The van der Waals surface area contributed by atoms with E-state index in [-0.39, 0.29) is 29.0 Å². The third kappa shape index (κ3) is 4.95. The number of rotatable bonds is 6. The number of anilines is 2. The van der Waals surface area contributed by atoms with E-state index >= 15 is 0 Å². The highest BCUT2D eigenvalue weighted by Gasteiger charge is 2.21. The number of hydrogen-bond acceptors (Lipinski definition) is 3. The molecule has 2 aromatic rings. The van der Waals surface area contributed by atoms with Crippen LogP contribution in [0.25, 0.3) is 0 Å². The number of benzene rings is 2. The number of ether oxygens (including phenoxy) is 1. The monoisotopic (exact) mass is 394 g/mol. The van der Waals surface area contributed by atoms with E-state index in [9.17, 15) is 18.4 Å². The second-order valence-corrected chi connectivity index (χ2v) is 6.47. The Labute approximate surface area is 159 Å². The summed E-state index contributed by atoms with van der Waals surface area (Å²) < 4.78 is 28.7. The molecule has 1 saturated heterocycles. The van der Waals surface area contributed by atoms with Gasteiger partial charge in [0.05, 0.1) is 11.4 Å². The Morgan fingerprint density at radius 3 is 2.56 bits per heavy atom. The number of amides is 2. The van der Waals surface area contributed by atoms with Crippen LogP contribution in [0.1, 0.15) is 18.4 Å². The molecule has 2 aromatic carbocycles. The Morgan fingerprint density at radius 2 is 1.96 bits per heavy atom. The minimum absolute atomic E-state index is 0.0206. The number of nitrogens with zero attached hydrogens (tertiary/aromatic N) is 1. The van der Waals surface area contributed by atoms with Crippen LogP contribution >= 0.6 is 11.6 Å². The van der Waals surface area contributed by atoms with Gasteiger partial charge in [0, 0.05) is 24.3 Å². The SMILES string of the molecule is O=C(Cc1ccc(N2CCCC2=O)cc1)Nc1ccc(OC(F)F)c(Cl)c1. The van der Waals surface area contributed by atoms with Crippen LogP contribution in [-0.4, -0.2) is 25.0 Å². The zero-order chi connectivity index (χ0) is 19.4. The first-order valence-electron chi connectivity index (χ1n) is 8.36. The van der Waals surface area contributed by atoms with E-state index in [1.807, 2.05) is 12.1 Å². The highest BCUT2D eigenvalue weighted by molar-refractivity contribution is 6.32. The van der Waals surface area contributed by atoms with Crippen molar-refractivity contribution in [1.82, 2.24) is 0 Å². The summed E-state index contributed by atoms with van der Waals surface area (Å²) in [5.41, 5.74) is 1.99. The first-order chi connectivity index (χ1) is 12.9. The molecule has 0 atom stereocenters. The zero-order valence-corrected chi connectivity index (χ0v) is 15.0. The van der Waals surface area contributed by atoms with Crippen LogP contribution < -0.4 is 15.0 Å². The van der Waals surface area contributed by atoms with Gasteiger partial charge < -0.3 is 15.0 Å². The van der Waals surface area contributed by atoms with Gasteiger partial charge in [-0.1, -0.05) is 23.7 Å². The summed E-state index contributed by atoms with van der Waals surface area (Å²) in [5.74, 6) is -0.327. The van der Waals surface area contributed by atoms with Crippen molar-refractivity contribution in [3.8, 4) is 5.75 Å². The highest BCUT2D eigenvalue weighted by Crippen LogP contribution is 2.29. The lowest BCUT2D eigenvalue weighted by atomic mass is 10.1. The van der Waals surface area contributed by atoms with Crippen molar-refractivity contribution in [3.63, 3.8) is 0 Å². The average Bonchev–Trinajstić information content (AvgIpc) is 3.04. The third-order valence-electron chi connectivity index (χ3n) is 4.12. The number of hydrogen-bond donors (Lipinski definition) is 1. The molecule has 27 heavy (non-hydrogen) atoms. The Balaban J connectivity index is 1.59. The third-order valence-corrected chi connectivity index (χ3v) is 4.41. The Kier molecular flexibility index (Phi) is 5.91. The molecular weight excluding hydrogens is 378 g/mol. The van der Waals surface area contributed by atoms with Crippen molar-refractivity contribution in [1.29, 1.82) is 0 Å². The maximum atomic E-state index is 12.2. The van der Waals surface area contributed by atoms with Crippen molar-refractivity contribution in [2.75, 3.05) is 16.8 Å². The normalized spacial score (nSPS) is 13.9. The van der Waals surface area contributed by atoms with Gasteiger partial charge in [-0.2, -0.15) is 8.78 Å². The van der Waals surface area contributed by atoms with Gasteiger partial charge in [0.25, 0.3) is 0 Å². The van der Waals surface area contributed by atoms with Gasteiger partial charge in [-0.15, -0.1) is 0 Å². The van der Waals surface area contributed by atoms with E-state index in [4.69, 9.17) is 11.6 Å². The van der Waals surface area contributed by atoms with E-state index in [1.165, 1.54) is 18.2 Å². The Bertz CT molecular complexity index is 843. The van der Waals surface area contributed by atoms with Crippen molar-refractivity contribution in [2.24, 2.45) is 0 Å². The van der Waals surface area contributed by atoms with Crippen LogP contribution in [0.2, 0.25) is 5.02 Å². The number of carbonyl (C=O) groups is 2. The van der Waals surface area contributed by atoms with Gasteiger partial charge in [-0.25, -0.2) is 0 Å². The molecular formula is C19H17ClF2N2O3. The lowest BCUT2D eigenvalue weighted by Gasteiger charge is -2.16. The molecule has 1 aliphatic heterocycles. The summed E-state index contributed by atoms with van der Waals surface area (Å²) in [7, 11) is 0. The summed E-state index contributed by atoms with van der Waals surface area (Å²) >= 11 is 5.87. The fraction of sp³-hybridized carbons (Fsp3) is 0.263. The van der Waals surface area contributed by atoms with E-state index < -0.39 is 6.61 Å². The summed E-state index contributed by atoms with van der Waals surface area (Å²) in [6, 6.07) is 11.3. The topological polar surface area (TPSA) is 58.6 Å². The molecule has 0 unspecified atom stereocenters. The quantitative estimate of drug-likeness (QED) is 0.796. The number of carbonyl (C=O) groups excluding carboxylic acids is 2. The summed E-state index contributed by atoms with van der Waals surface area (Å²) in [4.78, 5) is 25.7. The van der Waals surface area contributed by atoms with Crippen LogP contribution in [0.4, 0.5) is 20.2 Å². The molecule has 1 fully saturated rings. The van der Waals surface area contributed by atoms with Crippen molar-refractivity contribution < 1.29 is 23.1 Å². The molecule has 0 aliphatic carbocycles. The van der Waals surface area contributed by atoms with E-state index in [2.05, 4.69) is 10.1 Å². The number of halogens is 3. The van der Waals surface area contributed by atoms with E-state index in [0.29, 0.717) is 18.7 Å². The molecule has 2 amide bonds. The van der Waals surface area contributed by atoms with Crippen molar-refractivity contribution in [3.05, 3.63) is 53.1 Å². The second-order valence-electron chi connectivity index (χ2n) is 6.06. The Morgan fingerprint density at radius 1 is 1.22 bits per heavy atom. The van der Waals surface area contributed by atoms with Crippen LogP contribution in [0, 0.1) is 0 Å². The predicted octanol–water partition coefficient (Wildman–Crippen LogP) is 4.25. The number of nitrogens with one attached hydrogen (secondary N) is 1. The van der Waals surface area contributed by atoms with Gasteiger partial charge in [0.2, 0.25) is 11.8 Å². The van der Waals surface area contributed by atoms with Crippen LogP contribution in [0.15, 0.2) is 42.5 Å². The van der Waals surface area contributed by atoms with Gasteiger partial charge in [0.1, 0.15) is 5.75 Å². The molecule has 3 rings (SSSR count). The fourth-order valence-electron chi connectivity index (χ4n) is 2.88. The first kappa shape index (κ1) is 19.1. The van der Waals surface area contributed by atoms with Gasteiger partial charge in [0.15, 0.2) is 0 Å². The summed E-state index contributed by atoms with van der Waals surface area (Å²) in [6.07, 6.45) is 1.54. The second kappa shape index (κ2) is 8.35. The summed E-state index contributed by atoms with van der Waals surface area (Å²) in [5, 5.41) is 2.64. The zero-order valence-electron chi connectivity index (χ0n) is 14.3. The van der Waals surface area contributed by atoms with E-state index in [1.54, 1.807) is 17.0 Å². The largest absolute Gasteiger partial charge is 0.433 e. The van der Waals surface area contributed by atoms with Crippen LogP contribution in [0.5, 0.6) is 5.75 Å². The minimum atomic E-state index is -2.97. The minimum Gasteiger partial charge on any atom is -0.433 e. The lowest BCUT2D eigenvalue weighted by Crippen LogP contribution is -2.23.